The number of hydrogen-bond donors (Lipinski definition) is 3. The van der Waals surface area contributed by atoms with E-state index in [1.165, 1.54) is 0 Å². The van der Waals surface area contributed by atoms with Crippen LogP contribution in [0.1, 0.15) is 33.3 Å². The lowest BCUT2D eigenvalue weighted by Crippen LogP contribution is -2.47. The molecule has 0 atom stereocenters. The summed E-state index contributed by atoms with van der Waals surface area (Å²) in [4.78, 5) is 12.7. The third-order valence-electron chi connectivity index (χ3n) is 5.82. The van der Waals surface area contributed by atoms with Crippen LogP contribution in [0.15, 0.2) is 30.3 Å². The van der Waals surface area contributed by atoms with Gasteiger partial charge < -0.3 is 24.7 Å². The molecule has 188 valence electrons. The first-order chi connectivity index (χ1) is 15.9. The summed E-state index contributed by atoms with van der Waals surface area (Å²) in [5.74, 6) is -2.15. The van der Waals surface area contributed by atoms with E-state index in [1.807, 2.05) is 5.32 Å². The van der Waals surface area contributed by atoms with Crippen molar-refractivity contribution in [1.29, 1.82) is 0 Å². The van der Waals surface area contributed by atoms with Crippen LogP contribution < -0.4 is 15.6 Å². The maximum atomic E-state index is 14.8. The predicted molar refractivity (Wildman–Crippen MR) is 120 cm³/mol. The molecule has 7 nitrogen and oxygen atoms in total. The fourth-order valence-electron chi connectivity index (χ4n) is 3.22. The van der Waals surface area contributed by atoms with E-state index < -0.39 is 71.4 Å². The minimum Gasteiger partial charge on any atom is -0.407 e. The molecule has 1 saturated heterocycles. The maximum absolute atomic E-state index is 14.8. The van der Waals surface area contributed by atoms with E-state index in [-0.39, 0.29) is 10.3 Å². The van der Waals surface area contributed by atoms with Crippen molar-refractivity contribution in [1.82, 2.24) is 0 Å². The van der Waals surface area contributed by atoms with Gasteiger partial charge in [0.2, 0.25) is 0 Å². The van der Waals surface area contributed by atoms with Crippen molar-refractivity contribution in [3.63, 3.8) is 0 Å². The van der Waals surface area contributed by atoms with Gasteiger partial charge in [-0.3, -0.25) is 4.81 Å². The van der Waals surface area contributed by atoms with Gasteiger partial charge in [0.1, 0.15) is 11.6 Å². The number of carbonyl (C=O) groups is 1. The number of anilines is 2. The molecule has 2 amide bonds. The standard InChI is InChI=1S/C20H20B2ClF5N2O5/c1-18(2)19(3,4)35-21(34-18)12-8-15(25)16(9-14(12)24)29-17(31)30(22(32)33)10-5-6-13(23)11(7-10)20(26,27)28/h5-9,32-33H,1-4H3,(H,29,31). The van der Waals surface area contributed by atoms with E-state index in [1.54, 1.807) is 27.7 Å². The fraction of sp³-hybridized carbons (Fsp3) is 0.350. The largest absolute Gasteiger partial charge is 0.596 e. The van der Waals surface area contributed by atoms with E-state index >= 15 is 0 Å². The minimum atomic E-state index is -4.91. The SMILES string of the molecule is CC1(C)OB(c2cc(F)c(NC(=O)N(B(O)O)c3ccc(Cl)c(C(F)(F)F)c3)cc2F)OC1(C)C. The second-order valence-electron chi connectivity index (χ2n) is 8.75. The van der Waals surface area contributed by atoms with Gasteiger partial charge in [0.25, 0.3) is 0 Å². The van der Waals surface area contributed by atoms with E-state index in [4.69, 9.17) is 20.9 Å². The number of nitrogens with zero attached hydrogens (tertiary/aromatic N) is 1. The van der Waals surface area contributed by atoms with Crippen LogP contribution >= 0.6 is 11.6 Å². The zero-order valence-corrected chi connectivity index (χ0v) is 19.6. The van der Waals surface area contributed by atoms with Crippen LogP contribution in [-0.2, 0) is 15.5 Å². The molecule has 2 aromatic rings. The average Bonchev–Trinajstić information content (AvgIpc) is 2.91. The second kappa shape index (κ2) is 9.25. The summed E-state index contributed by atoms with van der Waals surface area (Å²) in [5.41, 5.74) is -4.64. The highest BCUT2D eigenvalue weighted by Crippen LogP contribution is 2.38. The van der Waals surface area contributed by atoms with E-state index in [9.17, 15) is 36.8 Å². The monoisotopic (exact) mass is 520 g/mol. The first-order valence-electron chi connectivity index (χ1n) is 10.1. The van der Waals surface area contributed by atoms with Crippen molar-refractivity contribution in [2.75, 3.05) is 10.1 Å². The van der Waals surface area contributed by atoms with E-state index in [0.717, 1.165) is 18.2 Å². The van der Waals surface area contributed by atoms with Crippen LogP contribution in [0.5, 0.6) is 0 Å². The zero-order valence-electron chi connectivity index (χ0n) is 18.9. The third kappa shape index (κ3) is 5.41. The predicted octanol–water partition coefficient (Wildman–Crippen LogP) is 3.94. The summed E-state index contributed by atoms with van der Waals surface area (Å²) in [6.07, 6.45) is -4.91. The van der Waals surface area contributed by atoms with Gasteiger partial charge in [0.15, 0.2) is 0 Å². The molecule has 2 aromatic carbocycles. The number of amides is 2. The highest BCUT2D eigenvalue weighted by Gasteiger charge is 2.52. The maximum Gasteiger partial charge on any atom is 0.596 e. The van der Waals surface area contributed by atoms with Gasteiger partial charge in [-0.1, -0.05) is 11.6 Å². The summed E-state index contributed by atoms with van der Waals surface area (Å²) in [5, 5.41) is 20.4. The quantitative estimate of drug-likeness (QED) is 0.420. The van der Waals surface area contributed by atoms with Gasteiger partial charge in [-0.15, -0.1) is 0 Å². The molecular weight excluding hydrogens is 500 g/mol. The Morgan fingerprint density at radius 2 is 1.63 bits per heavy atom. The summed E-state index contributed by atoms with van der Waals surface area (Å²) in [6, 6.07) is 1.99. The molecule has 3 rings (SSSR count). The third-order valence-corrected chi connectivity index (χ3v) is 6.15. The Labute approximate surface area is 203 Å². The Balaban J connectivity index is 1.89. The van der Waals surface area contributed by atoms with Crippen molar-refractivity contribution in [2.45, 2.75) is 45.1 Å². The van der Waals surface area contributed by atoms with Crippen molar-refractivity contribution >= 4 is 48.8 Å². The van der Waals surface area contributed by atoms with Crippen molar-refractivity contribution < 1.29 is 46.1 Å². The van der Waals surface area contributed by atoms with Gasteiger partial charge in [0, 0.05) is 17.2 Å². The molecule has 0 radical (unpaired) electrons. The summed E-state index contributed by atoms with van der Waals surface area (Å²) in [6.45, 7) is 6.86. The molecule has 1 fully saturated rings. The molecule has 0 spiro atoms. The van der Waals surface area contributed by atoms with Gasteiger partial charge >= 0.3 is 26.6 Å². The lowest BCUT2D eigenvalue weighted by molar-refractivity contribution is -0.137. The molecule has 1 aliphatic rings. The smallest absolute Gasteiger partial charge is 0.407 e. The molecule has 0 unspecified atom stereocenters. The number of carbonyl (C=O) groups excluding carboxylic acids is 1. The highest BCUT2D eigenvalue weighted by molar-refractivity contribution is 6.62. The summed E-state index contributed by atoms with van der Waals surface area (Å²) >= 11 is 5.54. The first-order valence-corrected chi connectivity index (χ1v) is 10.5. The van der Waals surface area contributed by atoms with Gasteiger partial charge in [-0.05, 0) is 52.0 Å². The van der Waals surface area contributed by atoms with Crippen LogP contribution in [-0.4, -0.2) is 41.7 Å². The first kappa shape index (κ1) is 27.2. The number of halogens is 6. The molecule has 1 heterocycles. The van der Waals surface area contributed by atoms with Crippen LogP contribution in [0.25, 0.3) is 0 Å². The highest BCUT2D eigenvalue weighted by atomic mass is 35.5. The van der Waals surface area contributed by atoms with Gasteiger partial charge in [-0.2, -0.15) is 13.2 Å². The molecule has 1 aliphatic heterocycles. The Hall–Kier alpha value is -2.38. The lowest BCUT2D eigenvalue weighted by atomic mass is 9.78. The molecule has 15 heteroatoms. The molecule has 0 aliphatic carbocycles. The average molecular weight is 520 g/mol. The zero-order chi connectivity index (χ0) is 26.5. The van der Waals surface area contributed by atoms with Crippen LogP contribution in [0.4, 0.5) is 38.1 Å². The molecule has 0 saturated carbocycles. The Kier molecular flexibility index (Phi) is 7.19. The van der Waals surface area contributed by atoms with Crippen molar-refractivity contribution in [3.05, 3.63) is 52.6 Å². The molecule has 0 bridgehead atoms. The number of rotatable bonds is 4. The van der Waals surface area contributed by atoms with Crippen LogP contribution in [0, 0.1) is 11.6 Å². The van der Waals surface area contributed by atoms with Crippen molar-refractivity contribution in [3.8, 4) is 0 Å². The minimum absolute atomic E-state index is 0.0884. The van der Waals surface area contributed by atoms with E-state index in [2.05, 4.69) is 0 Å². The number of hydrogen-bond acceptors (Lipinski definition) is 5. The Morgan fingerprint density at radius 1 is 1.06 bits per heavy atom. The summed E-state index contributed by atoms with van der Waals surface area (Å²) < 4.78 is 80.4. The summed E-state index contributed by atoms with van der Waals surface area (Å²) in [7, 11) is -3.88. The molecule has 0 aromatic heterocycles. The van der Waals surface area contributed by atoms with E-state index in [0.29, 0.717) is 12.1 Å². The molecular formula is C20H20B2ClF5N2O5. The molecule has 35 heavy (non-hydrogen) atoms. The normalized spacial score (nSPS) is 16.9. The Morgan fingerprint density at radius 3 is 2.14 bits per heavy atom. The number of urea groups is 1. The lowest BCUT2D eigenvalue weighted by Gasteiger charge is -2.32. The van der Waals surface area contributed by atoms with Gasteiger partial charge in [0.05, 0.1) is 27.5 Å². The topological polar surface area (TPSA) is 91.3 Å². The fourth-order valence-corrected chi connectivity index (χ4v) is 3.44. The van der Waals surface area contributed by atoms with Gasteiger partial charge in [-0.25, -0.2) is 13.6 Å². The Bertz CT molecular complexity index is 1130. The second-order valence-corrected chi connectivity index (χ2v) is 9.16. The molecule has 3 N–H and O–H groups in total. The van der Waals surface area contributed by atoms with Crippen LogP contribution in [0.2, 0.25) is 5.02 Å². The number of nitrogens with one attached hydrogen (secondary N) is 1. The van der Waals surface area contributed by atoms with Crippen LogP contribution in [0.3, 0.4) is 0 Å². The van der Waals surface area contributed by atoms with Crippen molar-refractivity contribution in [2.24, 2.45) is 0 Å². The number of alkyl halides is 3. The number of benzene rings is 2.